The maximum Gasteiger partial charge on any atom is 0.303 e. The van der Waals surface area contributed by atoms with Gasteiger partial charge in [-0.05, 0) is 36.2 Å². The zero-order valence-electron chi connectivity index (χ0n) is 20.0. The smallest absolute Gasteiger partial charge is 0.303 e. The summed E-state index contributed by atoms with van der Waals surface area (Å²) in [6.07, 6.45) is 4.79. The van der Waals surface area contributed by atoms with Crippen molar-refractivity contribution in [1.82, 2.24) is 25.3 Å². The van der Waals surface area contributed by atoms with E-state index in [9.17, 15) is 8.78 Å². The third-order valence-electron chi connectivity index (χ3n) is 5.91. The van der Waals surface area contributed by atoms with Crippen molar-refractivity contribution in [2.75, 3.05) is 31.1 Å². The molecule has 8 heteroatoms. The molecule has 1 aromatic carbocycles. The first-order chi connectivity index (χ1) is 16.4. The molecular weight excluding hydrogens is 434 g/mol. The van der Waals surface area contributed by atoms with E-state index in [0.29, 0.717) is 5.56 Å². The Bertz CT molecular complexity index is 1240. The molecule has 0 aliphatic carbocycles. The van der Waals surface area contributed by atoms with Crippen LogP contribution in [0.25, 0.3) is 33.3 Å². The number of aromatic amines is 1. The Morgan fingerprint density at radius 3 is 2.15 bits per heavy atom. The number of fused-ring (bicyclic) bond motifs is 1. The van der Waals surface area contributed by atoms with Crippen molar-refractivity contribution in [2.24, 2.45) is 0 Å². The second-order valence-electron chi connectivity index (χ2n) is 8.21. The fourth-order valence-corrected chi connectivity index (χ4v) is 4.13. The third kappa shape index (κ3) is 4.77. The minimum atomic E-state index is -3.06. The molecule has 1 fully saturated rings. The number of nitrogens with zero attached hydrogens (tertiary/aromatic N) is 4. The van der Waals surface area contributed by atoms with E-state index in [2.05, 4.69) is 60.5 Å². The summed E-state index contributed by atoms with van der Waals surface area (Å²) in [5.74, 6) is -2.54. The van der Waals surface area contributed by atoms with E-state index in [0.717, 1.165) is 72.2 Å². The molecule has 3 aromatic heterocycles. The van der Waals surface area contributed by atoms with E-state index in [1.807, 2.05) is 27.0 Å². The molecule has 6 nitrogen and oxygen atoms in total. The lowest BCUT2D eigenvalue weighted by Crippen LogP contribution is -2.43. The summed E-state index contributed by atoms with van der Waals surface area (Å²) in [6.45, 7) is 10.7. The van der Waals surface area contributed by atoms with Crippen LogP contribution in [0.1, 0.15) is 32.2 Å². The molecular formula is C26H30F2N6. The Kier molecular flexibility index (Phi) is 6.88. The number of anilines is 1. The van der Waals surface area contributed by atoms with Gasteiger partial charge in [-0.15, -0.1) is 0 Å². The molecule has 1 saturated heterocycles. The van der Waals surface area contributed by atoms with Gasteiger partial charge in [-0.2, -0.15) is 8.78 Å². The van der Waals surface area contributed by atoms with Crippen molar-refractivity contribution >= 4 is 16.7 Å². The normalized spacial score (nSPS) is 14.1. The molecule has 0 saturated carbocycles. The Morgan fingerprint density at radius 2 is 1.53 bits per heavy atom. The van der Waals surface area contributed by atoms with Crippen LogP contribution in [0.5, 0.6) is 0 Å². The van der Waals surface area contributed by atoms with E-state index in [1.54, 1.807) is 0 Å². The summed E-state index contributed by atoms with van der Waals surface area (Å²) < 4.78 is 26.9. The monoisotopic (exact) mass is 464 g/mol. The Morgan fingerprint density at radius 1 is 0.882 bits per heavy atom. The highest BCUT2D eigenvalue weighted by Crippen LogP contribution is 2.33. The van der Waals surface area contributed by atoms with Gasteiger partial charge in [0, 0.05) is 73.7 Å². The number of aromatic nitrogens is 4. The summed E-state index contributed by atoms with van der Waals surface area (Å²) in [6, 6.07) is 10.4. The van der Waals surface area contributed by atoms with Crippen LogP contribution >= 0.6 is 0 Å². The summed E-state index contributed by atoms with van der Waals surface area (Å²) in [4.78, 5) is 18.1. The first-order valence-electron chi connectivity index (χ1n) is 11.7. The Balaban J connectivity index is 0.00000133. The van der Waals surface area contributed by atoms with Crippen molar-refractivity contribution in [1.29, 1.82) is 0 Å². The molecule has 0 amide bonds. The first kappa shape index (κ1) is 23.8. The summed E-state index contributed by atoms with van der Waals surface area (Å²) in [7, 11) is 0. The van der Waals surface area contributed by atoms with E-state index < -0.39 is 11.7 Å². The number of pyridine rings is 1. The SMILES string of the molecule is CC.Cc1c(-c2cnc(C(C)(F)F)nc2)[nH]c2cc(-c3ccc(N4CCNCC4)nc3)ccc12. The van der Waals surface area contributed by atoms with E-state index >= 15 is 0 Å². The van der Waals surface area contributed by atoms with Gasteiger partial charge in [0.15, 0.2) is 5.82 Å². The molecule has 0 atom stereocenters. The number of hydrogen-bond acceptors (Lipinski definition) is 5. The van der Waals surface area contributed by atoms with Crippen LogP contribution in [-0.4, -0.2) is 46.1 Å². The number of H-pyrrole nitrogens is 1. The number of benzene rings is 1. The van der Waals surface area contributed by atoms with Crippen LogP contribution in [0.2, 0.25) is 0 Å². The van der Waals surface area contributed by atoms with Crippen molar-refractivity contribution in [3.05, 3.63) is 60.3 Å². The highest BCUT2D eigenvalue weighted by atomic mass is 19.3. The maximum atomic E-state index is 13.4. The van der Waals surface area contributed by atoms with Gasteiger partial charge in [0.25, 0.3) is 0 Å². The number of hydrogen-bond donors (Lipinski definition) is 2. The lowest BCUT2D eigenvalue weighted by Gasteiger charge is -2.28. The van der Waals surface area contributed by atoms with Crippen molar-refractivity contribution in [3.63, 3.8) is 0 Å². The fourth-order valence-electron chi connectivity index (χ4n) is 4.13. The van der Waals surface area contributed by atoms with Gasteiger partial charge in [-0.1, -0.05) is 26.0 Å². The lowest BCUT2D eigenvalue weighted by molar-refractivity contribution is 0.00770. The predicted octanol–water partition coefficient (Wildman–Crippen LogP) is 5.54. The largest absolute Gasteiger partial charge is 0.354 e. The Labute approximate surface area is 198 Å². The molecule has 0 radical (unpaired) electrons. The predicted molar refractivity (Wildman–Crippen MR) is 133 cm³/mol. The topological polar surface area (TPSA) is 69.7 Å². The highest BCUT2D eigenvalue weighted by Gasteiger charge is 2.28. The van der Waals surface area contributed by atoms with Crippen LogP contribution in [0.4, 0.5) is 14.6 Å². The number of piperazine rings is 1. The van der Waals surface area contributed by atoms with Crippen LogP contribution in [0.15, 0.2) is 48.9 Å². The van der Waals surface area contributed by atoms with Gasteiger partial charge < -0.3 is 15.2 Å². The molecule has 178 valence electrons. The van der Waals surface area contributed by atoms with Gasteiger partial charge in [-0.3, -0.25) is 0 Å². The van der Waals surface area contributed by atoms with Gasteiger partial charge in [0.2, 0.25) is 0 Å². The average molecular weight is 465 g/mol. The third-order valence-corrected chi connectivity index (χ3v) is 5.91. The van der Waals surface area contributed by atoms with Crippen molar-refractivity contribution in [3.8, 4) is 22.4 Å². The average Bonchev–Trinajstić information content (AvgIpc) is 3.21. The molecule has 2 N–H and O–H groups in total. The van der Waals surface area contributed by atoms with Gasteiger partial charge in [-0.25, -0.2) is 15.0 Å². The van der Waals surface area contributed by atoms with E-state index in [4.69, 9.17) is 0 Å². The minimum absolute atomic E-state index is 0.478. The summed E-state index contributed by atoms with van der Waals surface area (Å²) >= 11 is 0. The molecule has 34 heavy (non-hydrogen) atoms. The molecule has 0 spiro atoms. The quantitative estimate of drug-likeness (QED) is 0.415. The van der Waals surface area contributed by atoms with Crippen molar-refractivity contribution in [2.45, 2.75) is 33.6 Å². The van der Waals surface area contributed by atoms with Crippen molar-refractivity contribution < 1.29 is 8.78 Å². The number of rotatable bonds is 4. The van der Waals surface area contributed by atoms with Crippen LogP contribution in [-0.2, 0) is 5.92 Å². The number of nitrogens with one attached hydrogen (secondary N) is 2. The van der Waals surface area contributed by atoms with E-state index in [-0.39, 0.29) is 0 Å². The van der Waals surface area contributed by atoms with Gasteiger partial charge in [0.1, 0.15) is 5.82 Å². The van der Waals surface area contributed by atoms with Gasteiger partial charge >= 0.3 is 5.92 Å². The molecule has 5 rings (SSSR count). The molecule has 4 heterocycles. The maximum absolute atomic E-state index is 13.4. The summed E-state index contributed by atoms with van der Waals surface area (Å²) in [5, 5.41) is 4.42. The first-order valence-corrected chi connectivity index (χ1v) is 11.7. The zero-order chi connectivity index (χ0) is 24.3. The second-order valence-corrected chi connectivity index (χ2v) is 8.21. The van der Waals surface area contributed by atoms with Crippen LogP contribution < -0.4 is 10.2 Å². The fraction of sp³-hybridized carbons (Fsp3) is 0.346. The molecule has 0 bridgehead atoms. The highest BCUT2D eigenvalue weighted by molar-refractivity contribution is 5.93. The van der Waals surface area contributed by atoms with Crippen LogP contribution in [0, 0.1) is 6.92 Å². The molecule has 4 aromatic rings. The van der Waals surface area contributed by atoms with Crippen LogP contribution in [0.3, 0.4) is 0 Å². The summed E-state index contributed by atoms with van der Waals surface area (Å²) in [5.41, 5.74) is 5.59. The molecule has 0 unspecified atom stereocenters. The number of aryl methyl sites for hydroxylation is 1. The second kappa shape index (κ2) is 9.85. The standard InChI is InChI=1S/C24H24F2N6.C2H6/c1-15-19-5-3-16(17-4-6-21(28-12-17)32-9-7-27-8-10-32)11-20(19)31-22(15)18-13-29-23(30-14-18)24(2,25)26;1-2/h3-6,11-14,27,31H,7-10H2,1-2H3;1-2H3. The Hall–Kier alpha value is -3.39. The number of halogens is 2. The molecule has 1 aliphatic heterocycles. The van der Waals surface area contributed by atoms with E-state index in [1.165, 1.54) is 12.4 Å². The zero-order valence-corrected chi connectivity index (χ0v) is 20.0. The minimum Gasteiger partial charge on any atom is -0.354 e. The van der Waals surface area contributed by atoms with Gasteiger partial charge in [0.05, 0.1) is 5.69 Å². The number of alkyl halides is 2. The molecule has 1 aliphatic rings. The lowest BCUT2D eigenvalue weighted by atomic mass is 10.0.